The first kappa shape index (κ1) is 17.7. The van der Waals surface area contributed by atoms with Crippen LogP contribution in [0.4, 0.5) is 8.78 Å². The fourth-order valence-corrected chi connectivity index (χ4v) is 2.29. The molecule has 0 aliphatic heterocycles. The van der Waals surface area contributed by atoms with Crippen LogP contribution in [-0.4, -0.2) is 24.8 Å². The number of hydrogen-bond donors (Lipinski definition) is 2. The molecule has 1 amide bonds. The summed E-state index contributed by atoms with van der Waals surface area (Å²) in [5, 5.41) is 2.54. The lowest BCUT2D eigenvalue weighted by Crippen LogP contribution is -2.31. The maximum Gasteiger partial charge on any atom is 0.233 e. The van der Waals surface area contributed by atoms with Gasteiger partial charge in [0.2, 0.25) is 5.91 Å². The number of carbonyl (C=O) groups excluding carboxylic acids is 2. The zero-order chi connectivity index (χ0) is 17.5. The van der Waals surface area contributed by atoms with E-state index in [1.165, 1.54) is 18.2 Å². The van der Waals surface area contributed by atoms with E-state index in [4.69, 9.17) is 5.73 Å². The number of ketones is 1. The number of Topliss-reactive ketones (excluding diaryl/α,β-unsaturated/α-hetero) is 1. The molecule has 0 atom stereocenters. The molecule has 0 fully saturated rings. The van der Waals surface area contributed by atoms with Crippen molar-refractivity contribution in [3.8, 4) is 11.1 Å². The minimum absolute atomic E-state index is 0.0719. The van der Waals surface area contributed by atoms with Crippen LogP contribution in [0.15, 0.2) is 42.5 Å². The Morgan fingerprint density at radius 3 is 2.50 bits per heavy atom. The molecule has 0 aliphatic carbocycles. The van der Waals surface area contributed by atoms with Crippen LogP contribution >= 0.6 is 0 Å². The number of amides is 1. The topological polar surface area (TPSA) is 72.2 Å². The molecule has 4 nitrogen and oxygen atoms in total. The molecular formula is C18H18F2N2O2. The molecule has 0 aromatic heterocycles. The molecule has 24 heavy (non-hydrogen) atoms. The van der Waals surface area contributed by atoms with E-state index >= 15 is 0 Å². The molecule has 126 valence electrons. The molecule has 6 heteroatoms. The molecule has 2 rings (SSSR count). The summed E-state index contributed by atoms with van der Waals surface area (Å²) < 4.78 is 27.8. The number of carbonyl (C=O) groups is 2. The van der Waals surface area contributed by atoms with Gasteiger partial charge < -0.3 is 11.1 Å². The van der Waals surface area contributed by atoms with Crippen LogP contribution in [0.3, 0.4) is 0 Å². The summed E-state index contributed by atoms with van der Waals surface area (Å²) in [5.41, 5.74) is 5.81. The highest BCUT2D eigenvalue weighted by molar-refractivity contribution is 5.97. The van der Waals surface area contributed by atoms with Gasteiger partial charge in [-0.2, -0.15) is 0 Å². The molecule has 2 aromatic carbocycles. The van der Waals surface area contributed by atoms with Crippen molar-refractivity contribution in [3.05, 3.63) is 59.7 Å². The average molecular weight is 332 g/mol. The molecule has 0 unspecified atom stereocenters. The first-order valence-electron chi connectivity index (χ1n) is 7.57. The Morgan fingerprint density at radius 2 is 1.79 bits per heavy atom. The zero-order valence-electron chi connectivity index (χ0n) is 13.0. The second-order valence-corrected chi connectivity index (χ2v) is 5.26. The van der Waals surface area contributed by atoms with E-state index in [-0.39, 0.29) is 31.0 Å². The van der Waals surface area contributed by atoms with Gasteiger partial charge in [0.05, 0.1) is 12.1 Å². The van der Waals surface area contributed by atoms with Crippen molar-refractivity contribution < 1.29 is 18.4 Å². The predicted octanol–water partition coefficient (Wildman–Crippen LogP) is 2.67. The van der Waals surface area contributed by atoms with E-state index in [1.54, 1.807) is 18.2 Å². The Bertz CT molecular complexity index is 748. The van der Waals surface area contributed by atoms with Crippen molar-refractivity contribution in [2.24, 2.45) is 5.73 Å². The summed E-state index contributed by atoms with van der Waals surface area (Å²) in [6.07, 6.45) is 0.441. The smallest absolute Gasteiger partial charge is 0.233 e. The molecular weight excluding hydrogens is 314 g/mol. The maximum absolute atomic E-state index is 13.9. The van der Waals surface area contributed by atoms with Crippen LogP contribution in [-0.2, 0) is 4.79 Å². The third kappa shape index (κ3) is 4.45. The van der Waals surface area contributed by atoms with Gasteiger partial charge in [-0.3, -0.25) is 9.59 Å². The fourth-order valence-electron chi connectivity index (χ4n) is 2.29. The van der Waals surface area contributed by atoms with Crippen molar-refractivity contribution in [2.45, 2.75) is 12.8 Å². The van der Waals surface area contributed by atoms with Crippen molar-refractivity contribution in [1.82, 2.24) is 5.32 Å². The summed E-state index contributed by atoms with van der Waals surface area (Å²) in [4.78, 5) is 23.2. The summed E-state index contributed by atoms with van der Waals surface area (Å²) >= 11 is 0. The lowest BCUT2D eigenvalue weighted by atomic mass is 9.99. The summed E-state index contributed by atoms with van der Waals surface area (Å²) in [7, 11) is 0. The Hall–Kier alpha value is -2.60. The standard InChI is InChI=1S/C18H18F2N2O2/c19-15-5-2-1-4-13(15)12-7-8-16(20)14(10-12)17(23)6-3-9-22-18(24)11-21/h1-2,4-5,7-8,10H,3,6,9,11,21H2,(H,22,24). The van der Waals surface area contributed by atoms with E-state index in [1.807, 2.05) is 0 Å². The van der Waals surface area contributed by atoms with Crippen LogP contribution in [0, 0.1) is 11.6 Å². The van der Waals surface area contributed by atoms with Gasteiger partial charge in [-0.1, -0.05) is 24.3 Å². The SMILES string of the molecule is NCC(=O)NCCCC(=O)c1cc(-c2ccccc2F)ccc1F. The molecule has 0 saturated heterocycles. The molecule has 2 aromatic rings. The number of rotatable bonds is 7. The molecule has 0 radical (unpaired) electrons. The number of halogens is 2. The quantitative estimate of drug-likeness (QED) is 0.605. The molecule has 0 spiro atoms. The Kier molecular flexibility index (Phi) is 6.14. The lowest BCUT2D eigenvalue weighted by Gasteiger charge is -2.08. The lowest BCUT2D eigenvalue weighted by molar-refractivity contribution is -0.119. The molecule has 0 saturated carbocycles. The van der Waals surface area contributed by atoms with E-state index in [0.717, 1.165) is 6.07 Å². The van der Waals surface area contributed by atoms with Gasteiger partial charge >= 0.3 is 0 Å². The summed E-state index contributed by atoms with van der Waals surface area (Å²) in [6.45, 7) is 0.170. The van der Waals surface area contributed by atoms with Crippen LogP contribution in [0.2, 0.25) is 0 Å². The second kappa shape index (κ2) is 8.31. The van der Waals surface area contributed by atoms with E-state index in [2.05, 4.69) is 5.32 Å². The van der Waals surface area contributed by atoms with E-state index in [0.29, 0.717) is 17.5 Å². The Balaban J connectivity index is 2.10. The molecule has 0 heterocycles. The highest BCUT2D eigenvalue weighted by Gasteiger charge is 2.14. The highest BCUT2D eigenvalue weighted by atomic mass is 19.1. The Morgan fingerprint density at radius 1 is 1.04 bits per heavy atom. The fraction of sp³-hybridized carbons (Fsp3) is 0.222. The normalized spacial score (nSPS) is 10.5. The summed E-state index contributed by atoms with van der Waals surface area (Å²) in [5.74, 6) is -1.79. The van der Waals surface area contributed by atoms with Gasteiger partial charge in [-0.05, 0) is 30.2 Å². The van der Waals surface area contributed by atoms with E-state index < -0.39 is 17.4 Å². The zero-order valence-corrected chi connectivity index (χ0v) is 13.0. The van der Waals surface area contributed by atoms with Crippen molar-refractivity contribution in [1.29, 1.82) is 0 Å². The number of benzene rings is 2. The number of nitrogens with one attached hydrogen (secondary N) is 1. The van der Waals surface area contributed by atoms with Crippen LogP contribution in [0.5, 0.6) is 0 Å². The van der Waals surface area contributed by atoms with Crippen molar-refractivity contribution >= 4 is 11.7 Å². The summed E-state index contributed by atoms with van der Waals surface area (Å²) in [6, 6.07) is 10.1. The van der Waals surface area contributed by atoms with Crippen molar-refractivity contribution in [3.63, 3.8) is 0 Å². The van der Waals surface area contributed by atoms with Gasteiger partial charge in [0.15, 0.2) is 5.78 Å². The first-order valence-corrected chi connectivity index (χ1v) is 7.57. The first-order chi connectivity index (χ1) is 11.5. The molecule has 3 N–H and O–H groups in total. The largest absolute Gasteiger partial charge is 0.355 e. The van der Waals surface area contributed by atoms with Gasteiger partial charge in [-0.15, -0.1) is 0 Å². The average Bonchev–Trinajstić information content (AvgIpc) is 2.59. The van der Waals surface area contributed by atoms with Crippen LogP contribution in [0.25, 0.3) is 11.1 Å². The van der Waals surface area contributed by atoms with Crippen LogP contribution < -0.4 is 11.1 Å². The van der Waals surface area contributed by atoms with Gasteiger partial charge in [0, 0.05) is 18.5 Å². The minimum Gasteiger partial charge on any atom is -0.355 e. The van der Waals surface area contributed by atoms with Gasteiger partial charge in [-0.25, -0.2) is 8.78 Å². The third-order valence-electron chi connectivity index (χ3n) is 3.54. The highest BCUT2D eigenvalue weighted by Crippen LogP contribution is 2.25. The van der Waals surface area contributed by atoms with Gasteiger partial charge in [0.25, 0.3) is 0 Å². The third-order valence-corrected chi connectivity index (χ3v) is 3.54. The number of hydrogen-bond acceptors (Lipinski definition) is 3. The predicted molar refractivity (Wildman–Crippen MR) is 87.4 cm³/mol. The van der Waals surface area contributed by atoms with E-state index in [9.17, 15) is 18.4 Å². The monoisotopic (exact) mass is 332 g/mol. The maximum atomic E-state index is 13.9. The number of nitrogens with two attached hydrogens (primary N) is 1. The van der Waals surface area contributed by atoms with Crippen LogP contribution in [0.1, 0.15) is 23.2 Å². The Labute approximate surface area is 138 Å². The minimum atomic E-state index is -0.647. The molecule has 0 aliphatic rings. The second-order valence-electron chi connectivity index (χ2n) is 5.26. The van der Waals surface area contributed by atoms with Crippen molar-refractivity contribution in [2.75, 3.05) is 13.1 Å². The molecule has 0 bridgehead atoms. The van der Waals surface area contributed by atoms with Gasteiger partial charge in [0.1, 0.15) is 11.6 Å².